The summed E-state index contributed by atoms with van der Waals surface area (Å²) in [6, 6.07) is 9.83. The quantitative estimate of drug-likeness (QED) is 0.345. The number of para-hydroxylation sites is 1. The van der Waals surface area contributed by atoms with Gasteiger partial charge in [-0.1, -0.05) is 39.0 Å². The van der Waals surface area contributed by atoms with Crippen LogP contribution in [0, 0.1) is 11.8 Å². The van der Waals surface area contributed by atoms with Gasteiger partial charge in [0.15, 0.2) is 0 Å². The molecule has 1 aromatic rings. The molecule has 0 spiro atoms. The summed E-state index contributed by atoms with van der Waals surface area (Å²) in [6.07, 6.45) is 0. The Morgan fingerprint density at radius 2 is 1.80 bits per heavy atom. The average molecular weight is 205 g/mol. The number of hydrazine groups is 1. The van der Waals surface area contributed by atoms with Crippen LogP contribution in [-0.4, -0.2) is 5.84 Å². The zero-order valence-electron chi connectivity index (χ0n) is 9.57. The van der Waals surface area contributed by atoms with E-state index in [0.29, 0.717) is 11.8 Å². The van der Waals surface area contributed by atoms with E-state index in [1.54, 1.807) is 0 Å². The van der Waals surface area contributed by atoms with Crippen LogP contribution < -0.4 is 11.3 Å². The fourth-order valence-electron chi connectivity index (χ4n) is 1.22. The molecule has 0 bridgehead atoms. The van der Waals surface area contributed by atoms with Crippen LogP contribution in [0.25, 0.3) is 0 Å². The standard InChI is InChI=1S/C12H19N3/c1-9(2)10(3)12(15-13)14-11-7-5-4-6-8-11/h4-10H,13H2,1-3H3,(H,14,15). The number of nitrogens with zero attached hydrogens (tertiary/aromatic N) is 1. The van der Waals surface area contributed by atoms with Crippen molar-refractivity contribution >= 4 is 11.5 Å². The molecule has 0 aliphatic carbocycles. The molecule has 1 atom stereocenters. The van der Waals surface area contributed by atoms with Gasteiger partial charge in [0, 0.05) is 5.92 Å². The Morgan fingerprint density at radius 1 is 1.20 bits per heavy atom. The molecule has 1 aromatic carbocycles. The van der Waals surface area contributed by atoms with Crippen LogP contribution in [0.1, 0.15) is 20.8 Å². The van der Waals surface area contributed by atoms with Crippen molar-refractivity contribution in [2.75, 3.05) is 0 Å². The molecule has 0 amide bonds. The van der Waals surface area contributed by atoms with Gasteiger partial charge < -0.3 is 5.43 Å². The van der Waals surface area contributed by atoms with E-state index in [4.69, 9.17) is 5.84 Å². The van der Waals surface area contributed by atoms with Gasteiger partial charge in [-0.3, -0.25) is 0 Å². The molecule has 82 valence electrons. The zero-order chi connectivity index (χ0) is 11.3. The van der Waals surface area contributed by atoms with Gasteiger partial charge in [0.25, 0.3) is 0 Å². The van der Waals surface area contributed by atoms with Gasteiger partial charge in [-0.25, -0.2) is 10.8 Å². The normalized spacial score (nSPS) is 14.1. The van der Waals surface area contributed by atoms with Gasteiger partial charge in [-0.2, -0.15) is 0 Å². The molecule has 0 saturated heterocycles. The summed E-state index contributed by atoms with van der Waals surface area (Å²) in [5.74, 6) is 7.15. The third kappa shape index (κ3) is 3.36. The molecule has 0 aliphatic heterocycles. The Labute approximate surface area is 91.4 Å². The lowest BCUT2D eigenvalue weighted by Crippen LogP contribution is -2.36. The van der Waals surface area contributed by atoms with Crippen molar-refractivity contribution < 1.29 is 0 Å². The molecule has 3 heteroatoms. The fourth-order valence-corrected chi connectivity index (χ4v) is 1.22. The second kappa shape index (κ2) is 5.51. The first-order valence-corrected chi connectivity index (χ1v) is 5.25. The van der Waals surface area contributed by atoms with Crippen LogP contribution in [-0.2, 0) is 0 Å². The summed E-state index contributed by atoms with van der Waals surface area (Å²) in [7, 11) is 0. The van der Waals surface area contributed by atoms with Gasteiger partial charge in [0.1, 0.15) is 5.84 Å². The summed E-state index contributed by atoms with van der Waals surface area (Å²) in [5.41, 5.74) is 3.61. The van der Waals surface area contributed by atoms with E-state index in [1.807, 2.05) is 30.3 Å². The Bertz CT molecular complexity index is 317. The number of hydrogen-bond donors (Lipinski definition) is 2. The minimum Gasteiger partial charge on any atom is -0.312 e. The van der Waals surface area contributed by atoms with E-state index in [0.717, 1.165) is 11.5 Å². The number of nitrogens with one attached hydrogen (secondary N) is 1. The first-order chi connectivity index (χ1) is 7.15. The highest BCUT2D eigenvalue weighted by Crippen LogP contribution is 2.15. The molecule has 1 unspecified atom stereocenters. The van der Waals surface area contributed by atoms with Crippen molar-refractivity contribution in [2.24, 2.45) is 22.7 Å². The molecular weight excluding hydrogens is 186 g/mol. The maximum absolute atomic E-state index is 5.48. The first-order valence-electron chi connectivity index (χ1n) is 5.25. The SMILES string of the molecule is CC(C)C(C)C(=Nc1ccccc1)NN. The highest BCUT2D eigenvalue weighted by molar-refractivity contribution is 5.86. The predicted octanol–water partition coefficient (Wildman–Crippen LogP) is 2.47. The average Bonchev–Trinajstić information content (AvgIpc) is 2.26. The van der Waals surface area contributed by atoms with Gasteiger partial charge in [-0.15, -0.1) is 0 Å². The van der Waals surface area contributed by atoms with E-state index >= 15 is 0 Å². The smallest absolute Gasteiger partial charge is 0.119 e. The van der Waals surface area contributed by atoms with E-state index in [9.17, 15) is 0 Å². The monoisotopic (exact) mass is 205 g/mol. The highest BCUT2D eigenvalue weighted by Gasteiger charge is 2.13. The topological polar surface area (TPSA) is 50.4 Å². The van der Waals surface area contributed by atoms with Crippen LogP contribution in [0.4, 0.5) is 5.69 Å². The van der Waals surface area contributed by atoms with Crippen molar-refractivity contribution in [2.45, 2.75) is 20.8 Å². The summed E-state index contributed by atoms with van der Waals surface area (Å²) >= 11 is 0. The van der Waals surface area contributed by atoms with Gasteiger partial charge in [-0.05, 0) is 18.1 Å². The van der Waals surface area contributed by atoms with E-state index < -0.39 is 0 Å². The van der Waals surface area contributed by atoms with E-state index in [2.05, 4.69) is 31.2 Å². The summed E-state index contributed by atoms with van der Waals surface area (Å²) in [6.45, 7) is 6.43. The third-order valence-electron chi connectivity index (χ3n) is 2.58. The van der Waals surface area contributed by atoms with Gasteiger partial charge in [0.05, 0.1) is 5.69 Å². The van der Waals surface area contributed by atoms with Crippen molar-refractivity contribution in [1.82, 2.24) is 5.43 Å². The summed E-state index contributed by atoms with van der Waals surface area (Å²) in [5, 5.41) is 0. The molecule has 0 fully saturated rings. The Hall–Kier alpha value is -1.35. The molecule has 0 heterocycles. The third-order valence-corrected chi connectivity index (χ3v) is 2.58. The number of nitrogens with two attached hydrogens (primary N) is 1. The first kappa shape index (κ1) is 11.7. The maximum atomic E-state index is 5.48. The van der Waals surface area contributed by atoms with Crippen LogP contribution in [0.15, 0.2) is 35.3 Å². The number of hydrogen-bond acceptors (Lipinski definition) is 2. The fraction of sp³-hybridized carbons (Fsp3) is 0.417. The summed E-state index contributed by atoms with van der Waals surface area (Å²) in [4.78, 5) is 4.48. The molecular formula is C12H19N3. The predicted molar refractivity (Wildman–Crippen MR) is 64.9 cm³/mol. The molecule has 0 radical (unpaired) electrons. The Morgan fingerprint density at radius 3 is 2.27 bits per heavy atom. The van der Waals surface area contributed by atoms with Crippen LogP contribution >= 0.6 is 0 Å². The van der Waals surface area contributed by atoms with Gasteiger partial charge in [0.2, 0.25) is 0 Å². The van der Waals surface area contributed by atoms with Crippen molar-refractivity contribution in [3.05, 3.63) is 30.3 Å². The molecule has 0 aromatic heterocycles. The van der Waals surface area contributed by atoms with Gasteiger partial charge >= 0.3 is 0 Å². The molecule has 0 aliphatic rings. The maximum Gasteiger partial charge on any atom is 0.119 e. The largest absolute Gasteiger partial charge is 0.312 e. The minimum absolute atomic E-state index is 0.329. The summed E-state index contributed by atoms with van der Waals surface area (Å²) < 4.78 is 0. The van der Waals surface area contributed by atoms with Crippen molar-refractivity contribution in [3.8, 4) is 0 Å². The Kier molecular flexibility index (Phi) is 4.31. The molecule has 3 nitrogen and oxygen atoms in total. The number of benzene rings is 1. The van der Waals surface area contributed by atoms with Crippen molar-refractivity contribution in [3.63, 3.8) is 0 Å². The lowest BCUT2D eigenvalue weighted by molar-refractivity contribution is 0.519. The van der Waals surface area contributed by atoms with E-state index in [1.165, 1.54) is 0 Å². The van der Waals surface area contributed by atoms with Crippen LogP contribution in [0.5, 0.6) is 0 Å². The second-order valence-electron chi connectivity index (χ2n) is 4.01. The second-order valence-corrected chi connectivity index (χ2v) is 4.01. The highest BCUT2D eigenvalue weighted by atomic mass is 15.3. The van der Waals surface area contributed by atoms with E-state index in [-0.39, 0.29) is 0 Å². The van der Waals surface area contributed by atoms with Crippen molar-refractivity contribution in [1.29, 1.82) is 0 Å². The molecule has 3 N–H and O–H groups in total. The zero-order valence-corrected chi connectivity index (χ0v) is 9.57. The number of aliphatic imine (C=N–C) groups is 1. The minimum atomic E-state index is 0.329. The lowest BCUT2D eigenvalue weighted by atomic mass is 9.97. The molecule has 1 rings (SSSR count). The lowest BCUT2D eigenvalue weighted by Gasteiger charge is -2.17. The Balaban J connectivity index is 2.87. The number of amidine groups is 1. The molecule has 15 heavy (non-hydrogen) atoms. The molecule has 0 saturated carbocycles. The van der Waals surface area contributed by atoms with Crippen LogP contribution in [0.3, 0.4) is 0 Å². The number of rotatable bonds is 3. The van der Waals surface area contributed by atoms with Crippen LogP contribution in [0.2, 0.25) is 0 Å².